The normalized spacial score (nSPS) is 11.6. The number of ether oxygens (including phenoxy) is 1. The molecule has 86 valence electrons. The smallest absolute Gasteiger partial charge is 0.0966 e. The Balaban J connectivity index is 2.92. The van der Waals surface area contributed by atoms with E-state index in [1.165, 1.54) is 0 Å². The molecular formula is C10H25N3O. The number of hydrogen-bond donors (Lipinski definition) is 2. The zero-order chi connectivity index (χ0) is 10.8. The van der Waals surface area contributed by atoms with Crippen molar-refractivity contribution >= 4 is 0 Å². The Hall–Kier alpha value is -0.160. The van der Waals surface area contributed by atoms with E-state index < -0.39 is 0 Å². The SMILES string of the molecule is CC(C)NCCOCNCCN(C)C. The van der Waals surface area contributed by atoms with Crippen molar-refractivity contribution in [3.05, 3.63) is 0 Å². The Morgan fingerprint density at radius 1 is 1.21 bits per heavy atom. The summed E-state index contributed by atoms with van der Waals surface area (Å²) < 4.78 is 5.37. The van der Waals surface area contributed by atoms with Crippen molar-refractivity contribution in [1.29, 1.82) is 0 Å². The Kier molecular flexibility index (Phi) is 9.29. The molecule has 0 saturated heterocycles. The first-order chi connectivity index (χ1) is 6.63. The van der Waals surface area contributed by atoms with E-state index in [1.54, 1.807) is 0 Å². The summed E-state index contributed by atoms with van der Waals surface area (Å²) >= 11 is 0. The maximum atomic E-state index is 5.37. The minimum Gasteiger partial charge on any atom is -0.365 e. The molecule has 0 heterocycles. The van der Waals surface area contributed by atoms with Crippen LogP contribution in [0.5, 0.6) is 0 Å². The lowest BCUT2D eigenvalue weighted by molar-refractivity contribution is 0.116. The zero-order valence-electron chi connectivity index (χ0n) is 9.97. The third-order valence-corrected chi connectivity index (χ3v) is 1.74. The van der Waals surface area contributed by atoms with Crippen molar-refractivity contribution in [2.45, 2.75) is 19.9 Å². The van der Waals surface area contributed by atoms with Gasteiger partial charge in [-0.2, -0.15) is 0 Å². The van der Waals surface area contributed by atoms with Gasteiger partial charge in [0.15, 0.2) is 0 Å². The van der Waals surface area contributed by atoms with E-state index in [1.807, 2.05) is 0 Å². The van der Waals surface area contributed by atoms with Crippen LogP contribution in [0.25, 0.3) is 0 Å². The standard InChI is InChI=1S/C10H25N3O/c1-10(2)12-6-8-14-9-11-5-7-13(3)4/h10-12H,5-9H2,1-4H3. The minimum atomic E-state index is 0.542. The van der Waals surface area contributed by atoms with Crippen LogP contribution in [-0.2, 0) is 4.74 Å². The molecule has 14 heavy (non-hydrogen) atoms. The van der Waals surface area contributed by atoms with Crippen LogP contribution in [0.3, 0.4) is 0 Å². The Labute approximate surface area is 88.0 Å². The van der Waals surface area contributed by atoms with Crippen LogP contribution in [0.2, 0.25) is 0 Å². The van der Waals surface area contributed by atoms with Gasteiger partial charge in [-0.3, -0.25) is 5.32 Å². The molecule has 0 amide bonds. The molecule has 0 aliphatic rings. The van der Waals surface area contributed by atoms with Gasteiger partial charge >= 0.3 is 0 Å². The summed E-state index contributed by atoms with van der Waals surface area (Å²) in [6.45, 7) is 8.64. The van der Waals surface area contributed by atoms with E-state index >= 15 is 0 Å². The largest absolute Gasteiger partial charge is 0.365 e. The first kappa shape index (κ1) is 13.8. The van der Waals surface area contributed by atoms with Crippen LogP contribution in [0.1, 0.15) is 13.8 Å². The summed E-state index contributed by atoms with van der Waals surface area (Å²) in [6, 6.07) is 0.542. The lowest BCUT2D eigenvalue weighted by Crippen LogP contribution is -2.31. The molecule has 0 spiro atoms. The number of rotatable bonds is 9. The van der Waals surface area contributed by atoms with Crippen LogP contribution < -0.4 is 10.6 Å². The predicted molar refractivity (Wildman–Crippen MR) is 60.5 cm³/mol. The summed E-state index contributed by atoms with van der Waals surface area (Å²) in [5.74, 6) is 0. The Morgan fingerprint density at radius 3 is 2.50 bits per heavy atom. The average Bonchev–Trinajstić information content (AvgIpc) is 2.08. The van der Waals surface area contributed by atoms with Crippen molar-refractivity contribution in [1.82, 2.24) is 15.5 Å². The van der Waals surface area contributed by atoms with Crippen LogP contribution in [0.15, 0.2) is 0 Å². The fraction of sp³-hybridized carbons (Fsp3) is 1.00. The molecule has 0 rings (SSSR count). The van der Waals surface area contributed by atoms with Crippen LogP contribution in [0.4, 0.5) is 0 Å². The van der Waals surface area contributed by atoms with Gasteiger partial charge in [0, 0.05) is 25.7 Å². The van der Waals surface area contributed by atoms with Crippen molar-refractivity contribution in [2.75, 3.05) is 47.1 Å². The van der Waals surface area contributed by atoms with Gasteiger partial charge in [-0.25, -0.2) is 0 Å². The van der Waals surface area contributed by atoms with Crippen LogP contribution in [0, 0.1) is 0 Å². The molecule has 0 radical (unpaired) electrons. The Morgan fingerprint density at radius 2 is 1.93 bits per heavy atom. The van der Waals surface area contributed by atoms with Gasteiger partial charge in [-0.1, -0.05) is 13.8 Å². The van der Waals surface area contributed by atoms with E-state index in [0.29, 0.717) is 12.8 Å². The lowest BCUT2D eigenvalue weighted by Gasteiger charge is -2.11. The highest BCUT2D eigenvalue weighted by Gasteiger charge is 1.92. The number of nitrogens with one attached hydrogen (secondary N) is 2. The van der Waals surface area contributed by atoms with Gasteiger partial charge in [-0.05, 0) is 14.1 Å². The summed E-state index contributed by atoms with van der Waals surface area (Å²) in [5, 5.41) is 6.51. The lowest BCUT2D eigenvalue weighted by atomic mass is 10.4. The molecule has 0 bridgehead atoms. The fourth-order valence-corrected chi connectivity index (χ4v) is 0.939. The van der Waals surface area contributed by atoms with Crippen molar-refractivity contribution in [3.8, 4) is 0 Å². The van der Waals surface area contributed by atoms with Gasteiger partial charge in [0.2, 0.25) is 0 Å². The van der Waals surface area contributed by atoms with E-state index in [2.05, 4.69) is 43.5 Å². The van der Waals surface area contributed by atoms with Crippen molar-refractivity contribution < 1.29 is 4.74 Å². The third-order valence-electron chi connectivity index (χ3n) is 1.74. The highest BCUT2D eigenvalue weighted by Crippen LogP contribution is 1.76. The van der Waals surface area contributed by atoms with Gasteiger partial charge in [0.1, 0.15) is 0 Å². The van der Waals surface area contributed by atoms with E-state index in [9.17, 15) is 0 Å². The zero-order valence-corrected chi connectivity index (χ0v) is 9.97. The van der Waals surface area contributed by atoms with Gasteiger partial charge in [0.05, 0.1) is 13.3 Å². The molecule has 0 aromatic carbocycles. The topological polar surface area (TPSA) is 36.5 Å². The first-order valence-electron chi connectivity index (χ1n) is 5.29. The molecule has 0 saturated carbocycles. The van der Waals surface area contributed by atoms with Crippen molar-refractivity contribution in [2.24, 2.45) is 0 Å². The van der Waals surface area contributed by atoms with E-state index in [-0.39, 0.29) is 0 Å². The van der Waals surface area contributed by atoms with E-state index in [0.717, 1.165) is 26.2 Å². The van der Waals surface area contributed by atoms with Crippen LogP contribution in [-0.4, -0.2) is 58.0 Å². The molecular weight excluding hydrogens is 178 g/mol. The highest BCUT2D eigenvalue weighted by atomic mass is 16.5. The summed E-state index contributed by atoms with van der Waals surface area (Å²) in [5.41, 5.74) is 0. The summed E-state index contributed by atoms with van der Waals surface area (Å²) in [4.78, 5) is 2.15. The van der Waals surface area contributed by atoms with Crippen molar-refractivity contribution in [3.63, 3.8) is 0 Å². The number of hydrogen-bond acceptors (Lipinski definition) is 4. The maximum Gasteiger partial charge on any atom is 0.0966 e. The summed E-state index contributed by atoms with van der Waals surface area (Å²) in [7, 11) is 4.13. The average molecular weight is 203 g/mol. The molecule has 0 unspecified atom stereocenters. The fourth-order valence-electron chi connectivity index (χ4n) is 0.939. The number of likely N-dealkylation sites (N-methyl/N-ethyl adjacent to an activating group) is 1. The second kappa shape index (κ2) is 9.40. The van der Waals surface area contributed by atoms with Gasteiger partial charge < -0.3 is 15.0 Å². The predicted octanol–water partition coefficient (Wildman–Crippen LogP) is 0.110. The molecule has 2 N–H and O–H groups in total. The monoisotopic (exact) mass is 203 g/mol. The minimum absolute atomic E-state index is 0.542. The quantitative estimate of drug-likeness (QED) is 0.412. The molecule has 4 nitrogen and oxygen atoms in total. The number of nitrogens with zero attached hydrogens (tertiary/aromatic N) is 1. The molecule has 0 aliphatic heterocycles. The van der Waals surface area contributed by atoms with Crippen LogP contribution >= 0.6 is 0 Å². The maximum absolute atomic E-state index is 5.37. The molecule has 0 atom stereocenters. The Bertz CT molecular complexity index is 104. The van der Waals surface area contributed by atoms with E-state index in [4.69, 9.17) is 4.74 Å². The molecule has 4 heteroatoms. The molecule has 0 aromatic heterocycles. The molecule has 0 fully saturated rings. The second-order valence-electron chi connectivity index (χ2n) is 3.96. The highest BCUT2D eigenvalue weighted by molar-refractivity contribution is 4.51. The second-order valence-corrected chi connectivity index (χ2v) is 3.96. The molecule has 0 aliphatic carbocycles. The third kappa shape index (κ3) is 11.8. The van der Waals surface area contributed by atoms with Gasteiger partial charge in [-0.15, -0.1) is 0 Å². The van der Waals surface area contributed by atoms with Gasteiger partial charge in [0.25, 0.3) is 0 Å². The molecule has 0 aromatic rings. The summed E-state index contributed by atoms with van der Waals surface area (Å²) in [6.07, 6.45) is 0. The first-order valence-corrected chi connectivity index (χ1v) is 5.29.